The van der Waals surface area contributed by atoms with Crippen LogP contribution in [0.5, 0.6) is 0 Å². The molecule has 7 heteroatoms. The predicted molar refractivity (Wildman–Crippen MR) is 71.5 cm³/mol. The summed E-state index contributed by atoms with van der Waals surface area (Å²) in [5, 5.41) is 8.86. The highest BCUT2D eigenvalue weighted by atomic mass is 16.5. The molecule has 0 saturated carbocycles. The van der Waals surface area contributed by atoms with Crippen LogP contribution >= 0.6 is 0 Å². The molecule has 20 heavy (non-hydrogen) atoms. The van der Waals surface area contributed by atoms with Crippen LogP contribution in [0.2, 0.25) is 0 Å². The Morgan fingerprint density at radius 1 is 1.35 bits per heavy atom. The van der Waals surface area contributed by atoms with Gasteiger partial charge in [0.15, 0.2) is 0 Å². The first-order chi connectivity index (χ1) is 9.79. The molecule has 108 valence electrons. The number of carbonyl (C=O) groups excluding carboxylic acids is 1. The van der Waals surface area contributed by atoms with E-state index in [1.54, 1.807) is 11.1 Å². The summed E-state index contributed by atoms with van der Waals surface area (Å²) in [6.07, 6.45) is 2.21. The number of morpholine rings is 1. The summed E-state index contributed by atoms with van der Waals surface area (Å²) in [5.41, 5.74) is 1.37. The highest BCUT2D eigenvalue weighted by molar-refractivity contribution is 5.97. The summed E-state index contributed by atoms with van der Waals surface area (Å²) in [4.78, 5) is 24.7. The zero-order chi connectivity index (χ0) is 13.9. The van der Waals surface area contributed by atoms with Gasteiger partial charge in [-0.25, -0.2) is 9.97 Å². The van der Waals surface area contributed by atoms with Crippen molar-refractivity contribution in [3.8, 4) is 0 Å². The molecule has 7 nitrogen and oxygen atoms in total. The molecule has 3 heterocycles. The van der Waals surface area contributed by atoms with E-state index in [0.717, 1.165) is 18.8 Å². The molecule has 1 amide bonds. The summed E-state index contributed by atoms with van der Waals surface area (Å²) >= 11 is 0. The summed E-state index contributed by atoms with van der Waals surface area (Å²) in [6, 6.07) is 0. The molecule has 0 unspecified atom stereocenters. The Hall–Kier alpha value is -1.73. The number of rotatable bonds is 4. The van der Waals surface area contributed by atoms with Crippen molar-refractivity contribution in [2.45, 2.75) is 13.0 Å². The number of fused-ring (bicyclic) bond motifs is 1. The van der Waals surface area contributed by atoms with E-state index in [9.17, 15) is 4.79 Å². The molecule has 3 rings (SSSR count). The Balaban J connectivity index is 1.76. The van der Waals surface area contributed by atoms with Crippen molar-refractivity contribution in [2.75, 3.05) is 44.4 Å². The zero-order valence-electron chi connectivity index (χ0n) is 11.3. The summed E-state index contributed by atoms with van der Waals surface area (Å²) < 4.78 is 5.31. The molecule has 1 fully saturated rings. The lowest BCUT2D eigenvalue weighted by atomic mass is 10.3. The minimum atomic E-state index is -0.0398. The maximum absolute atomic E-state index is 12.1. The molecule has 1 aromatic rings. The third-order valence-electron chi connectivity index (χ3n) is 3.59. The Kier molecular flexibility index (Phi) is 3.79. The van der Waals surface area contributed by atoms with Crippen LogP contribution < -0.4 is 4.90 Å². The van der Waals surface area contributed by atoms with Crippen LogP contribution in [0.15, 0.2) is 6.20 Å². The lowest BCUT2D eigenvalue weighted by molar-refractivity contribution is 0.0767. The molecule has 2 aliphatic rings. The summed E-state index contributed by atoms with van der Waals surface area (Å²) in [6.45, 7) is 4.07. The zero-order valence-corrected chi connectivity index (χ0v) is 11.3. The van der Waals surface area contributed by atoms with E-state index >= 15 is 0 Å². The minimum Gasteiger partial charge on any atom is -0.396 e. The number of ether oxygens (including phenoxy) is 1. The fourth-order valence-corrected chi connectivity index (χ4v) is 2.49. The lowest BCUT2D eigenvalue weighted by Gasteiger charge is -2.26. The molecule has 0 atom stereocenters. The van der Waals surface area contributed by atoms with Crippen molar-refractivity contribution >= 4 is 11.9 Å². The summed E-state index contributed by atoms with van der Waals surface area (Å²) in [5.74, 6) is 0.630. The lowest BCUT2D eigenvalue weighted by Crippen LogP contribution is -2.37. The number of hydrogen-bond donors (Lipinski definition) is 1. The highest BCUT2D eigenvalue weighted by Gasteiger charge is 2.29. The van der Waals surface area contributed by atoms with Gasteiger partial charge in [0.25, 0.3) is 5.91 Å². The number of carbonyl (C=O) groups is 1. The SMILES string of the molecule is O=C1c2cnc(N3CCOCC3)nc2CN1CCCO. The van der Waals surface area contributed by atoms with Crippen LogP contribution in [-0.4, -0.2) is 65.3 Å². The quantitative estimate of drug-likeness (QED) is 0.811. The van der Waals surface area contributed by atoms with Crippen molar-refractivity contribution in [1.29, 1.82) is 0 Å². The van der Waals surface area contributed by atoms with Gasteiger partial charge in [0.1, 0.15) is 0 Å². The third kappa shape index (κ3) is 2.46. The Bertz CT molecular complexity index is 502. The number of anilines is 1. The van der Waals surface area contributed by atoms with Gasteiger partial charge in [-0.15, -0.1) is 0 Å². The second-order valence-corrected chi connectivity index (χ2v) is 4.93. The molecule has 0 bridgehead atoms. The first kappa shape index (κ1) is 13.3. The van der Waals surface area contributed by atoms with Crippen LogP contribution in [0.4, 0.5) is 5.95 Å². The van der Waals surface area contributed by atoms with Gasteiger partial charge in [-0.2, -0.15) is 0 Å². The van der Waals surface area contributed by atoms with Crippen molar-refractivity contribution in [3.63, 3.8) is 0 Å². The smallest absolute Gasteiger partial charge is 0.257 e. The van der Waals surface area contributed by atoms with E-state index < -0.39 is 0 Å². The van der Waals surface area contributed by atoms with E-state index in [1.807, 2.05) is 0 Å². The van der Waals surface area contributed by atoms with Gasteiger partial charge in [-0.1, -0.05) is 0 Å². The van der Waals surface area contributed by atoms with Crippen molar-refractivity contribution in [3.05, 3.63) is 17.5 Å². The van der Waals surface area contributed by atoms with Gasteiger partial charge < -0.3 is 19.6 Å². The highest BCUT2D eigenvalue weighted by Crippen LogP contribution is 2.22. The minimum absolute atomic E-state index is 0.0398. The molecule has 0 radical (unpaired) electrons. The average Bonchev–Trinajstić information content (AvgIpc) is 2.82. The second-order valence-electron chi connectivity index (χ2n) is 4.93. The first-order valence-corrected chi connectivity index (χ1v) is 6.88. The maximum atomic E-state index is 12.1. The number of aromatic nitrogens is 2. The van der Waals surface area contributed by atoms with E-state index in [1.165, 1.54) is 0 Å². The van der Waals surface area contributed by atoms with Crippen molar-refractivity contribution in [1.82, 2.24) is 14.9 Å². The normalized spacial score (nSPS) is 18.6. The van der Waals surface area contributed by atoms with Crippen LogP contribution in [0.3, 0.4) is 0 Å². The van der Waals surface area contributed by atoms with Gasteiger partial charge in [-0.3, -0.25) is 4.79 Å². The van der Waals surface area contributed by atoms with E-state index in [0.29, 0.717) is 44.2 Å². The number of amides is 1. The van der Waals surface area contributed by atoms with Crippen LogP contribution in [0.25, 0.3) is 0 Å². The van der Waals surface area contributed by atoms with E-state index in [4.69, 9.17) is 9.84 Å². The fourth-order valence-electron chi connectivity index (χ4n) is 2.49. The molecular formula is C13H18N4O3. The van der Waals surface area contributed by atoms with Gasteiger partial charge in [-0.05, 0) is 6.42 Å². The molecule has 0 aromatic carbocycles. The van der Waals surface area contributed by atoms with Gasteiger partial charge in [0, 0.05) is 32.4 Å². The topological polar surface area (TPSA) is 78.8 Å². The molecule has 1 aromatic heterocycles. The molecule has 0 spiro atoms. The number of aliphatic hydroxyl groups is 1. The van der Waals surface area contributed by atoms with Gasteiger partial charge in [0.05, 0.1) is 31.0 Å². The molecule has 1 saturated heterocycles. The van der Waals surface area contributed by atoms with Crippen LogP contribution in [0, 0.1) is 0 Å². The average molecular weight is 278 g/mol. The standard InChI is InChI=1S/C13H18N4O3/c18-5-1-2-17-9-11-10(12(17)19)8-14-13(15-11)16-3-6-20-7-4-16/h8,18H,1-7,9H2. The Morgan fingerprint density at radius 3 is 2.90 bits per heavy atom. The van der Waals surface area contributed by atoms with Crippen molar-refractivity contribution in [2.24, 2.45) is 0 Å². The Morgan fingerprint density at radius 2 is 2.15 bits per heavy atom. The monoisotopic (exact) mass is 278 g/mol. The number of nitrogens with zero attached hydrogens (tertiary/aromatic N) is 4. The molecule has 0 aliphatic carbocycles. The van der Waals surface area contributed by atoms with Gasteiger partial charge in [0.2, 0.25) is 5.95 Å². The maximum Gasteiger partial charge on any atom is 0.257 e. The number of aliphatic hydroxyl groups excluding tert-OH is 1. The van der Waals surface area contributed by atoms with Gasteiger partial charge >= 0.3 is 0 Å². The largest absolute Gasteiger partial charge is 0.396 e. The second kappa shape index (κ2) is 5.72. The Labute approximate surface area is 117 Å². The first-order valence-electron chi connectivity index (χ1n) is 6.88. The van der Waals surface area contributed by atoms with Crippen molar-refractivity contribution < 1.29 is 14.6 Å². The molecule has 2 aliphatic heterocycles. The molecular weight excluding hydrogens is 260 g/mol. The molecule has 1 N–H and O–H groups in total. The third-order valence-corrected chi connectivity index (χ3v) is 3.59. The predicted octanol–water partition coefficient (Wildman–Crippen LogP) is -0.349. The number of hydrogen-bond acceptors (Lipinski definition) is 6. The summed E-state index contributed by atoms with van der Waals surface area (Å²) in [7, 11) is 0. The van der Waals surface area contributed by atoms with Crippen LogP contribution in [0.1, 0.15) is 22.5 Å². The van der Waals surface area contributed by atoms with Crippen LogP contribution in [-0.2, 0) is 11.3 Å². The van der Waals surface area contributed by atoms with E-state index in [-0.39, 0.29) is 12.5 Å². The van der Waals surface area contributed by atoms with E-state index in [2.05, 4.69) is 14.9 Å². The fraction of sp³-hybridized carbons (Fsp3) is 0.615.